The Labute approximate surface area is 119 Å². The van der Waals surface area contributed by atoms with E-state index in [9.17, 15) is 9.59 Å². The molecule has 0 bridgehead atoms. The van der Waals surface area contributed by atoms with Gasteiger partial charge >= 0.3 is 0 Å². The topological polar surface area (TPSA) is 70.2 Å². The van der Waals surface area contributed by atoms with E-state index in [0.717, 1.165) is 31.6 Å². The zero-order valence-electron chi connectivity index (χ0n) is 11.7. The third kappa shape index (κ3) is 3.81. The Kier molecular flexibility index (Phi) is 5.12. The molecule has 1 unspecified atom stereocenters. The van der Waals surface area contributed by atoms with E-state index in [2.05, 4.69) is 16.0 Å². The summed E-state index contributed by atoms with van der Waals surface area (Å²) in [7, 11) is 0. The zero-order chi connectivity index (χ0) is 14.4. The maximum absolute atomic E-state index is 12.1. The molecule has 108 valence electrons. The predicted octanol–water partition coefficient (Wildman–Crippen LogP) is 1.37. The van der Waals surface area contributed by atoms with E-state index < -0.39 is 0 Å². The fourth-order valence-corrected chi connectivity index (χ4v) is 2.29. The summed E-state index contributed by atoms with van der Waals surface area (Å²) in [4.78, 5) is 23.7. The van der Waals surface area contributed by atoms with Gasteiger partial charge in [-0.25, -0.2) is 0 Å². The molecule has 2 rings (SSSR count). The van der Waals surface area contributed by atoms with Crippen molar-refractivity contribution in [2.24, 2.45) is 5.92 Å². The lowest BCUT2D eigenvalue weighted by Crippen LogP contribution is -2.37. The standard InChI is InChI=1S/C15H21N3O2/c1-2-17-14(19)11-5-7-13(8-6-11)18-15(20)12-4-3-9-16-10-12/h5-8,12,16H,2-4,9-10H2,1H3,(H,17,19)(H,18,20). The fraction of sp³-hybridized carbons (Fsp3) is 0.467. The van der Waals surface area contributed by atoms with Crippen LogP contribution < -0.4 is 16.0 Å². The summed E-state index contributed by atoms with van der Waals surface area (Å²) in [5.41, 5.74) is 1.33. The Morgan fingerprint density at radius 1 is 1.30 bits per heavy atom. The van der Waals surface area contributed by atoms with Gasteiger partial charge in [0.15, 0.2) is 0 Å². The first-order chi connectivity index (χ1) is 9.70. The molecule has 1 aromatic rings. The number of hydrogen-bond acceptors (Lipinski definition) is 3. The van der Waals surface area contributed by atoms with Crippen LogP contribution in [0.15, 0.2) is 24.3 Å². The molecular weight excluding hydrogens is 254 g/mol. The van der Waals surface area contributed by atoms with Gasteiger partial charge in [-0.3, -0.25) is 9.59 Å². The average Bonchev–Trinajstić information content (AvgIpc) is 2.49. The number of piperidine rings is 1. The number of carbonyl (C=O) groups is 2. The number of hydrogen-bond donors (Lipinski definition) is 3. The number of amides is 2. The highest BCUT2D eigenvalue weighted by Gasteiger charge is 2.20. The molecule has 1 atom stereocenters. The van der Waals surface area contributed by atoms with Gasteiger partial charge in [0.05, 0.1) is 5.92 Å². The second-order valence-electron chi connectivity index (χ2n) is 4.97. The second-order valence-corrected chi connectivity index (χ2v) is 4.97. The molecule has 0 saturated carbocycles. The molecule has 0 radical (unpaired) electrons. The molecule has 5 nitrogen and oxygen atoms in total. The highest BCUT2D eigenvalue weighted by Crippen LogP contribution is 2.15. The van der Waals surface area contributed by atoms with Crippen molar-refractivity contribution < 1.29 is 9.59 Å². The monoisotopic (exact) mass is 275 g/mol. The molecule has 0 aliphatic carbocycles. The van der Waals surface area contributed by atoms with E-state index in [1.165, 1.54) is 0 Å². The predicted molar refractivity (Wildman–Crippen MR) is 78.7 cm³/mol. The van der Waals surface area contributed by atoms with Crippen molar-refractivity contribution >= 4 is 17.5 Å². The molecular formula is C15H21N3O2. The molecule has 5 heteroatoms. The van der Waals surface area contributed by atoms with Crippen LogP contribution in [0.4, 0.5) is 5.69 Å². The Balaban J connectivity index is 1.92. The van der Waals surface area contributed by atoms with E-state index in [1.807, 2.05) is 6.92 Å². The van der Waals surface area contributed by atoms with Gasteiger partial charge in [0, 0.05) is 24.3 Å². The van der Waals surface area contributed by atoms with Crippen molar-refractivity contribution in [3.8, 4) is 0 Å². The van der Waals surface area contributed by atoms with Crippen molar-refractivity contribution in [3.63, 3.8) is 0 Å². The third-order valence-electron chi connectivity index (χ3n) is 3.42. The van der Waals surface area contributed by atoms with Crippen molar-refractivity contribution in [3.05, 3.63) is 29.8 Å². The molecule has 1 fully saturated rings. The summed E-state index contributed by atoms with van der Waals surface area (Å²) >= 11 is 0. The lowest BCUT2D eigenvalue weighted by molar-refractivity contribution is -0.120. The van der Waals surface area contributed by atoms with E-state index in [4.69, 9.17) is 0 Å². The van der Waals surface area contributed by atoms with E-state index in [0.29, 0.717) is 12.1 Å². The van der Waals surface area contributed by atoms with Gasteiger partial charge in [0.25, 0.3) is 5.91 Å². The Hall–Kier alpha value is -1.88. The van der Waals surface area contributed by atoms with Gasteiger partial charge in [-0.05, 0) is 50.6 Å². The lowest BCUT2D eigenvalue weighted by Gasteiger charge is -2.21. The minimum absolute atomic E-state index is 0.0341. The minimum Gasteiger partial charge on any atom is -0.352 e. The van der Waals surface area contributed by atoms with Crippen molar-refractivity contribution in [1.29, 1.82) is 0 Å². The molecule has 20 heavy (non-hydrogen) atoms. The van der Waals surface area contributed by atoms with Crippen LogP contribution in [0.5, 0.6) is 0 Å². The fourth-order valence-electron chi connectivity index (χ4n) is 2.29. The highest BCUT2D eigenvalue weighted by atomic mass is 16.2. The molecule has 3 N–H and O–H groups in total. The van der Waals surface area contributed by atoms with E-state index in [-0.39, 0.29) is 17.7 Å². The Morgan fingerprint density at radius 2 is 2.05 bits per heavy atom. The quantitative estimate of drug-likeness (QED) is 0.777. The number of nitrogens with one attached hydrogen (secondary N) is 3. The van der Waals surface area contributed by atoms with E-state index in [1.54, 1.807) is 24.3 Å². The first-order valence-electron chi connectivity index (χ1n) is 7.10. The molecule has 1 saturated heterocycles. The Bertz CT molecular complexity index is 465. The number of carbonyl (C=O) groups excluding carboxylic acids is 2. The average molecular weight is 275 g/mol. The summed E-state index contributed by atoms with van der Waals surface area (Å²) < 4.78 is 0. The third-order valence-corrected chi connectivity index (χ3v) is 3.42. The van der Waals surface area contributed by atoms with Crippen LogP contribution in [0, 0.1) is 5.92 Å². The zero-order valence-corrected chi connectivity index (χ0v) is 11.7. The normalized spacial score (nSPS) is 18.4. The van der Waals surface area contributed by atoms with Crippen LogP contribution in [0.1, 0.15) is 30.1 Å². The first-order valence-corrected chi connectivity index (χ1v) is 7.10. The summed E-state index contributed by atoms with van der Waals surface area (Å²) in [6.07, 6.45) is 1.96. The molecule has 0 spiro atoms. The van der Waals surface area contributed by atoms with Crippen LogP contribution in [0.3, 0.4) is 0 Å². The smallest absolute Gasteiger partial charge is 0.251 e. The van der Waals surface area contributed by atoms with Crippen LogP contribution in [-0.4, -0.2) is 31.4 Å². The van der Waals surface area contributed by atoms with Gasteiger partial charge < -0.3 is 16.0 Å². The van der Waals surface area contributed by atoms with Crippen LogP contribution >= 0.6 is 0 Å². The first kappa shape index (κ1) is 14.5. The Morgan fingerprint density at radius 3 is 2.65 bits per heavy atom. The summed E-state index contributed by atoms with van der Waals surface area (Å²) in [6, 6.07) is 6.97. The molecule has 1 aliphatic heterocycles. The second kappa shape index (κ2) is 7.05. The molecule has 1 aromatic carbocycles. The van der Waals surface area contributed by atoms with Crippen molar-refractivity contribution in [2.45, 2.75) is 19.8 Å². The van der Waals surface area contributed by atoms with Crippen LogP contribution in [-0.2, 0) is 4.79 Å². The molecule has 0 aromatic heterocycles. The summed E-state index contributed by atoms with van der Waals surface area (Å²) in [5.74, 6) is -0.0170. The molecule has 1 heterocycles. The van der Waals surface area contributed by atoms with Crippen LogP contribution in [0.25, 0.3) is 0 Å². The van der Waals surface area contributed by atoms with E-state index >= 15 is 0 Å². The van der Waals surface area contributed by atoms with Gasteiger partial charge in [0.2, 0.25) is 5.91 Å². The number of rotatable bonds is 4. The van der Waals surface area contributed by atoms with Crippen molar-refractivity contribution in [1.82, 2.24) is 10.6 Å². The number of benzene rings is 1. The maximum atomic E-state index is 12.1. The largest absolute Gasteiger partial charge is 0.352 e. The number of anilines is 1. The van der Waals surface area contributed by atoms with Gasteiger partial charge in [-0.1, -0.05) is 0 Å². The lowest BCUT2D eigenvalue weighted by atomic mass is 9.99. The van der Waals surface area contributed by atoms with Crippen LogP contribution in [0.2, 0.25) is 0 Å². The molecule has 2 amide bonds. The minimum atomic E-state index is -0.0955. The van der Waals surface area contributed by atoms with Gasteiger partial charge in [-0.15, -0.1) is 0 Å². The van der Waals surface area contributed by atoms with Gasteiger partial charge in [0.1, 0.15) is 0 Å². The highest BCUT2D eigenvalue weighted by molar-refractivity contribution is 5.96. The summed E-state index contributed by atoms with van der Waals surface area (Å²) in [6.45, 7) is 4.21. The maximum Gasteiger partial charge on any atom is 0.251 e. The van der Waals surface area contributed by atoms with Crippen molar-refractivity contribution in [2.75, 3.05) is 25.0 Å². The SMILES string of the molecule is CCNC(=O)c1ccc(NC(=O)C2CCCNC2)cc1. The van der Waals surface area contributed by atoms with Gasteiger partial charge in [-0.2, -0.15) is 0 Å². The molecule has 1 aliphatic rings. The summed E-state index contributed by atoms with van der Waals surface area (Å²) in [5, 5.41) is 8.86.